The Morgan fingerprint density at radius 3 is 2.50 bits per heavy atom. The van der Waals surface area contributed by atoms with Gasteiger partial charge in [0.25, 0.3) is 0 Å². The predicted molar refractivity (Wildman–Crippen MR) is 69.5 cm³/mol. The fourth-order valence-electron chi connectivity index (χ4n) is 1.65. The maximum absolute atomic E-state index is 5.11. The number of hydrogen-bond acceptors (Lipinski definition) is 6. The Morgan fingerprint density at radius 2 is 1.89 bits per heavy atom. The monoisotopic (exact) mass is 247 g/mol. The molecule has 0 fully saturated rings. The second kappa shape index (κ2) is 5.48. The highest BCUT2D eigenvalue weighted by Gasteiger charge is 2.08. The molecule has 0 aliphatic heterocycles. The van der Waals surface area contributed by atoms with Gasteiger partial charge in [0.15, 0.2) is 0 Å². The molecule has 2 heterocycles. The Bertz CT molecular complexity index is 503. The molecule has 0 aliphatic rings. The van der Waals surface area contributed by atoms with Crippen LogP contribution in [0.4, 0.5) is 11.6 Å². The molecule has 0 spiro atoms. The molecule has 2 N–H and O–H groups in total. The third-order valence-electron chi connectivity index (χ3n) is 2.62. The van der Waals surface area contributed by atoms with Gasteiger partial charge in [-0.2, -0.15) is 0 Å². The molecule has 0 radical (unpaired) electrons. The highest BCUT2D eigenvalue weighted by atomic mass is 16.5. The Hall–Kier alpha value is -2.11. The summed E-state index contributed by atoms with van der Waals surface area (Å²) in [6.45, 7) is 7.30. The highest BCUT2D eigenvalue weighted by molar-refractivity contribution is 5.42. The lowest BCUT2D eigenvalue weighted by Crippen LogP contribution is -2.06. The van der Waals surface area contributed by atoms with Crippen LogP contribution in [-0.4, -0.2) is 21.7 Å². The van der Waals surface area contributed by atoms with E-state index in [1.54, 1.807) is 12.4 Å². The number of anilines is 2. The lowest BCUT2D eigenvalue weighted by atomic mass is 10.2. The SMILES string of the molecule is CCNc1cncc(NCc2c(C)noc2C)n1. The Balaban J connectivity index is 2.04. The predicted octanol–water partition coefficient (Wildman–Crippen LogP) is 2.13. The standard InChI is InChI=1S/C12H17N5O/c1-4-14-11-6-13-7-12(16-11)15-5-10-8(2)17-18-9(10)3/h6-7H,4-5H2,1-3H3,(H2,14,15,16). The van der Waals surface area contributed by atoms with Crippen LogP contribution in [0.5, 0.6) is 0 Å². The van der Waals surface area contributed by atoms with E-state index < -0.39 is 0 Å². The molecule has 0 saturated heterocycles. The third-order valence-corrected chi connectivity index (χ3v) is 2.62. The zero-order valence-electron chi connectivity index (χ0n) is 10.8. The van der Waals surface area contributed by atoms with Gasteiger partial charge in [-0.3, -0.25) is 4.98 Å². The van der Waals surface area contributed by atoms with E-state index in [2.05, 4.69) is 25.8 Å². The third kappa shape index (κ3) is 2.77. The van der Waals surface area contributed by atoms with Gasteiger partial charge >= 0.3 is 0 Å². The summed E-state index contributed by atoms with van der Waals surface area (Å²) in [5, 5.41) is 10.2. The van der Waals surface area contributed by atoms with Crippen molar-refractivity contribution >= 4 is 11.6 Å². The maximum atomic E-state index is 5.11. The van der Waals surface area contributed by atoms with Gasteiger partial charge in [0.2, 0.25) is 0 Å². The van der Waals surface area contributed by atoms with Gasteiger partial charge < -0.3 is 15.2 Å². The number of hydrogen-bond donors (Lipinski definition) is 2. The number of nitrogens with zero attached hydrogens (tertiary/aromatic N) is 3. The molecule has 6 nitrogen and oxygen atoms in total. The smallest absolute Gasteiger partial charge is 0.147 e. The first kappa shape index (κ1) is 12.3. The first-order valence-corrected chi connectivity index (χ1v) is 5.92. The van der Waals surface area contributed by atoms with Crippen molar-refractivity contribution in [3.63, 3.8) is 0 Å². The molecule has 96 valence electrons. The minimum Gasteiger partial charge on any atom is -0.369 e. The first-order chi connectivity index (χ1) is 8.70. The van der Waals surface area contributed by atoms with Gasteiger partial charge in [-0.1, -0.05) is 5.16 Å². The van der Waals surface area contributed by atoms with E-state index >= 15 is 0 Å². The minimum absolute atomic E-state index is 0.630. The van der Waals surface area contributed by atoms with Crippen molar-refractivity contribution in [3.05, 3.63) is 29.4 Å². The molecular weight excluding hydrogens is 230 g/mol. The van der Waals surface area contributed by atoms with Crippen LogP contribution in [0.2, 0.25) is 0 Å². The average Bonchev–Trinajstić information content (AvgIpc) is 2.68. The minimum atomic E-state index is 0.630. The Labute approximate surface area is 106 Å². The van der Waals surface area contributed by atoms with Crippen molar-refractivity contribution in [2.45, 2.75) is 27.3 Å². The van der Waals surface area contributed by atoms with Crippen LogP contribution in [0.1, 0.15) is 23.9 Å². The van der Waals surface area contributed by atoms with Crippen molar-refractivity contribution in [2.24, 2.45) is 0 Å². The van der Waals surface area contributed by atoms with Crippen LogP contribution in [0.15, 0.2) is 16.9 Å². The van der Waals surface area contributed by atoms with E-state index in [1.807, 2.05) is 20.8 Å². The summed E-state index contributed by atoms with van der Waals surface area (Å²) >= 11 is 0. The zero-order valence-corrected chi connectivity index (χ0v) is 10.8. The fourth-order valence-corrected chi connectivity index (χ4v) is 1.65. The zero-order chi connectivity index (χ0) is 13.0. The molecule has 2 aromatic heterocycles. The van der Waals surface area contributed by atoms with E-state index in [4.69, 9.17) is 4.52 Å². The van der Waals surface area contributed by atoms with Crippen LogP contribution in [0, 0.1) is 13.8 Å². The summed E-state index contributed by atoms with van der Waals surface area (Å²) in [6.07, 6.45) is 3.39. The van der Waals surface area contributed by atoms with Gasteiger partial charge in [-0.25, -0.2) is 4.98 Å². The number of rotatable bonds is 5. The Kier molecular flexibility index (Phi) is 3.76. The summed E-state index contributed by atoms with van der Waals surface area (Å²) < 4.78 is 5.11. The van der Waals surface area contributed by atoms with E-state index in [0.29, 0.717) is 6.54 Å². The summed E-state index contributed by atoms with van der Waals surface area (Å²) in [5.74, 6) is 2.32. The maximum Gasteiger partial charge on any atom is 0.147 e. The van der Waals surface area contributed by atoms with Crippen LogP contribution in [0.25, 0.3) is 0 Å². The van der Waals surface area contributed by atoms with Crippen molar-refractivity contribution < 1.29 is 4.52 Å². The molecule has 2 aromatic rings. The molecule has 0 aliphatic carbocycles. The van der Waals surface area contributed by atoms with E-state index in [0.717, 1.165) is 35.2 Å². The molecule has 2 rings (SSSR count). The molecule has 6 heteroatoms. The van der Waals surface area contributed by atoms with Crippen LogP contribution in [0.3, 0.4) is 0 Å². The first-order valence-electron chi connectivity index (χ1n) is 5.92. The van der Waals surface area contributed by atoms with Gasteiger partial charge in [0.1, 0.15) is 17.4 Å². The topological polar surface area (TPSA) is 75.9 Å². The molecule has 0 unspecified atom stereocenters. The molecule has 0 bridgehead atoms. The lowest BCUT2D eigenvalue weighted by Gasteiger charge is -2.07. The summed E-state index contributed by atoms with van der Waals surface area (Å²) in [7, 11) is 0. The molecule has 0 amide bonds. The quantitative estimate of drug-likeness (QED) is 0.843. The number of aromatic nitrogens is 3. The van der Waals surface area contributed by atoms with Gasteiger partial charge in [-0.05, 0) is 20.8 Å². The second-order valence-electron chi connectivity index (χ2n) is 3.98. The number of aryl methyl sites for hydroxylation is 2. The van der Waals surface area contributed by atoms with Crippen molar-refractivity contribution in [1.29, 1.82) is 0 Å². The van der Waals surface area contributed by atoms with Gasteiger partial charge in [0.05, 0.1) is 18.1 Å². The van der Waals surface area contributed by atoms with Gasteiger partial charge in [-0.15, -0.1) is 0 Å². The molecule has 18 heavy (non-hydrogen) atoms. The van der Waals surface area contributed by atoms with Crippen molar-refractivity contribution in [3.8, 4) is 0 Å². The van der Waals surface area contributed by atoms with Crippen LogP contribution >= 0.6 is 0 Å². The van der Waals surface area contributed by atoms with Gasteiger partial charge in [0, 0.05) is 18.7 Å². The summed E-state index contributed by atoms with van der Waals surface area (Å²) in [6, 6.07) is 0. The molecule has 0 aromatic carbocycles. The highest BCUT2D eigenvalue weighted by Crippen LogP contribution is 2.14. The van der Waals surface area contributed by atoms with E-state index in [9.17, 15) is 0 Å². The second-order valence-corrected chi connectivity index (χ2v) is 3.98. The van der Waals surface area contributed by atoms with E-state index in [-0.39, 0.29) is 0 Å². The molecular formula is C12H17N5O. The lowest BCUT2D eigenvalue weighted by molar-refractivity contribution is 0.392. The van der Waals surface area contributed by atoms with Crippen LogP contribution in [-0.2, 0) is 6.54 Å². The fraction of sp³-hybridized carbons (Fsp3) is 0.417. The van der Waals surface area contributed by atoms with Crippen molar-refractivity contribution in [1.82, 2.24) is 15.1 Å². The number of nitrogens with one attached hydrogen (secondary N) is 2. The van der Waals surface area contributed by atoms with Crippen molar-refractivity contribution in [2.75, 3.05) is 17.2 Å². The van der Waals surface area contributed by atoms with Crippen LogP contribution < -0.4 is 10.6 Å². The molecule has 0 atom stereocenters. The summed E-state index contributed by atoms with van der Waals surface area (Å²) in [4.78, 5) is 8.51. The normalized spacial score (nSPS) is 10.4. The summed E-state index contributed by atoms with van der Waals surface area (Å²) in [5.41, 5.74) is 1.96. The molecule has 0 saturated carbocycles. The average molecular weight is 247 g/mol. The van der Waals surface area contributed by atoms with E-state index in [1.165, 1.54) is 0 Å². The Morgan fingerprint density at radius 1 is 1.17 bits per heavy atom. The largest absolute Gasteiger partial charge is 0.369 e.